The number of hydrogen-bond donors (Lipinski definition) is 1. The summed E-state index contributed by atoms with van der Waals surface area (Å²) in [5.41, 5.74) is 0.659. The molecular formula is C17H16INO4. The van der Waals surface area contributed by atoms with Crippen LogP contribution in [0.15, 0.2) is 54.6 Å². The first-order valence-corrected chi connectivity index (χ1v) is 8.06. The summed E-state index contributed by atoms with van der Waals surface area (Å²) in [7, 11) is 0. The molecule has 1 unspecified atom stereocenters. The Labute approximate surface area is 148 Å². The van der Waals surface area contributed by atoms with Crippen molar-refractivity contribution in [3.8, 4) is 5.75 Å². The molecular weight excluding hydrogens is 409 g/mol. The van der Waals surface area contributed by atoms with Crippen molar-refractivity contribution < 1.29 is 19.1 Å². The van der Waals surface area contributed by atoms with E-state index >= 15 is 0 Å². The Hall–Kier alpha value is -2.09. The van der Waals surface area contributed by atoms with Crippen molar-refractivity contribution in [2.24, 2.45) is 0 Å². The van der Waals surface area contributed by atoms with Crippen LogP contribution in [0.25, 0.3) is 0 Å². The summed E-state index contributed by atoms with van der Waals surface area (Å²) in [5, 5.41) is 2.66. The molecule has 0 aliphatic carbocycles. The standard InChI is InChI=1S/C17H16INO4/c1-12(23-15-8-3-2-4-9-15)17(21)22-11-16(20)19-14-7-5-6-13(18)10-14/h2-10,12H,11H2,1H3,(H,19,20). The maximum absolute atomic E-state index is 11.8. The van der Waals surface area contributed by atoms with Gasteiger partial charge < -0.3 is 14.8 Å². The third-order valence-corrected chi connectivity index (χ3v) is 3.51. The first-order chi connectivity index (χ1) is 11.0. The van der Waals surface area contributed by atoms with Crippen LogP contribution in [-0.4, -0.2) is 24.6 Å². The van der Waals surface area contributed by atoms with Gasteiger partial charge in [0.25, 0.3) is 5.91 Å². The lowest BCUT2D eigenvalue weighted by atomic mass is 10.3. The molecule has 0 saturated heterocycles. The minimum absolute atomic E-state index is 0.354. The second kappa shape index (κ2) is 8.52. The van der Waals surface area contributed by atoms with E-state index in [0.717, 1.165) is 3.57 Å². The second-order valence-corrected chi connectivity index (χ2v) is 5.98. The van der Waals surface area contributed by atoms with Gasteiger partial charge >= 0.3 is 5.97 Å². The highest BCUT2D eigenvalue weighted by Crippen LogP contribution is 2.13. The fraction of sp³-hybridized carbons (Fsp3) is 0.176. The van der Waals surface area contributed by atoms with Crippen LogP contribution in [0, 0.1) is 3.57 Å². The average molecular weight is 425 g/mol. The number of esters is 1. The zero-order chi connectivity index (χ0) is 16.7. The zero-order valence-corrected chi connectivity index (χ0v) is 14.6. The summed E-state index contributed by atoms with van der Waals surface area (Å²) in [5.74, 6) is -0.417. The second-order valence-electron chi connectivity index (χ2n) is 4.74. The molecule has 2 aromatic carbocycles. The van der Waals surface area contributed by atoms with E-state index in [-0.39, 0.29) is 6.61 Å². The molecule has 0 radical (unpaired) electrons. The molecule has 0 aliphatic rings. The van der Waals surface area contributed by atoms with Crippen LogP contribution in [0.4, 0.5) is 5.69 Å². The Bertz CT molecular complexity index is 675. The number of hydrogen-bond acceptors (Lipinski definition) is 4. The van der Waals surface area contributed by atoms with Gasteiger partial charge in [0.15, 0.2) is 12.7 Å². The van der Waals surface area contributed by atoms with Crippen molar-refractivity contribution in [1.29, 1.82) is 0 Å². The fourth-order valence-electron chi connectivity index (χ4n) is 1.77. The molecule has 1 N–H and O–H groups in total. The van der Waals surface area contributed by atoms with Gasteiger partial charge in [0.05, 0.1) is 0 Å². The number of ether oxygens (including phenoxy) is 2. The summed E-state index contributed by atoms with van der Waals surface area (Å²) >= 11 is 2.15. The van der Waals surface area contributed by atoms with E-state index in [1.807, 2.05) is 36.4 Å². The molecule has 1 atom stereocenters. The molecule has 1 amide bonds. The highest BCUT2D eigenvalue weighted by atomic mass is 127. The van der Waals surface area contributed by atoms with Crippen LogP contribution >= 0.6 is 22.6 Å². The lowest BCUT2D eigenvalue weighted by molar-refractivity contribution is -0.153. The molecule has 120 valence electrons. The van der Waals surface area contributed by atoms with Gasteiger partial charge in [0.1, 0.15) is 5.75 Å². The third-order valence-electron chi connectivity index (χ3n) is 2.84. The number of benzene rings is 2. The lowest BCUT2D eigenvalue weighted by Gasteiger charge is -2.13. The molecule has 2 rings (SSSR count). The minimum Gasteiger partial charge on any atom is -0.479 e. The third kappa shape index (κ3) is 5.90. The van der Waals surface area contributed by atoms with E-state index in [9.17, 15) is 9.59 Å². The van der Waals surface area contributed by atoms with Gasteiger partial charge in [-0.3, -0.25) is 4.79 Å². The summed E-state index contributed by atoms with van der Waals surface area (Å²) in [6.07, 6.45) is -0.789. The average Bonchev–Trinajstić information content (AvgIpc) is 2.53. The van der Waals surface area contributed by atoms with Crippen LogP contribution in [0.2, 0.25) is 0 Å². The number of amides is 1. The van der Waals surface area contributed by atoms with Crippen LogP contribution in [0.5, 0.6) is 5.75 Å². The van der Waals surface area contributed by atoms with Gasteiger partial charge in [-0.25, -0.2) is 4.79 Å². The number of carbonyl (C=O) groups is 2. The fourth-order valence-corrected chi connectivity index (χ4v) is 2.31. The number of para-hydroxylation sites is 1. The Morgan fingerprint density at radius 3 is 2.57 bits per heavy atom. The Balaban J connectivity index is 1.78. The smallest absolute Gasteiger partial charge is 0.347 e. The molecule has 0 spiro atoms. The zero-order valence-electron chi connectivity index (χ0n) is 12.5. The van der Waals surface area contributed by atoms with Gasteiger partial charge in [-0.15, -0.1) is 0 Å². The highest BCUT2D eigenvalue weighted by Gasteiger charge is 2.17. The predicted molar refractivity (Wildman–Crippen MR) is 95.3 cm³/mol. The molecule has 23 heavy (non-hydrogen) atoms. The van der Waals surface area contributed by atoms with E-state index in [1.54, 1.807) is 25.1 Å². The van der Waals surface area contributed by atoms with E-state index in [2.05, 4.69) is 27.9 Å². The summed E-state index contributed by atoms with van der Waals surface area (Å²) in [4.78, 5) is 23.6. The lowest BCUT2D eigenvalue weighted by Crippen LogP contribution is -2.29. The molecule has 0 heterocycles. The normalized spacial score (nSPS) is 11.4. The number of rotatable bonds is 6. The molecule has 5 nitrogen and oxygen atoms in total. The Kier molecular flexibility index (Phi) is 6.40. The maximum atomic E-state index is 11.8. The largest absolute Gasteiger partial charge is 0.479 e. The summed E-state index contributed by atoms with van der Waals surface area (Å²) < 4.78 is 11.4. The van der Waals surface area contributed by atoms with Crippen LogP contribution < -0.4 is 10.1 Å². The SMILES string of the molecule is CC(Oc1ccccc1)C(=O)OCC(=O)Nc1cccc(I)c1. The van der Waals surface area contributed by atoms with Gasteiger partial charge in [0, 0.05) is 9.26 Å². The number of nitrogens with one attached hydrogen (secondary N) is 1. The van der Waals surface area contributed by atoms with Crippen LogP contribution in [0.1, 0.15) is 6.92 Å². The maximum Gasteiger partial charge on any atom is 0.347 e. The van der Waals surface area contributed by atoms with Gasteiger partial charge in [-0.2, -0.15) is 0 Å². The Morgan fingerprint density at radius 1 is 1.13 bits per heavy atom. The Morgan fingerprint density at radius 2 is 1.87 bits per heavy atom. The van der Waals surface area contributed by atoms with E-state index < -0.39 is 18.0 Å². The monoisotopic (exact) mass is 425 g/mol. The molecule has 0 fully saturated rings. The molecule has 0 bridgehead atoms. The number of halogens is 1. The number of carbonyl (C=O) groups excluding carboxylic acids is 2. The number of anilines is 1. The molecule has 0 saturated carbocycles. The predicted octanol–water partition coefficient (Wildman–Crippen LogP) is 3.24. The van der Waals surface area contributed by atoms with Crippen molar-refractivity contribution >= 4 is 40.2 Å². The van der Waals surface area contributed by atoms with Gasteiger partial charge in [-0.1, -0.05) is 24.3 Å². The van der Waals surface area contributed by atoms with Gasteiger partial charge in [-0.05, 0) is 59.8 Å². The van der Waals surface area contributed by atoms with Crippen LogP contribution in [-0.2, 0) is 14.3 Å². The molecule has 6 heteroatoms. The summed E-state index contributed by atoms with van der Waals surface area (Å²) in [6.45, 7) is 1.22. The van der Waals surface area contributed by atoms with E-state index in [4.69, 9.17) is 9.47 Å². The first kappa shape index (κ1) is 17.3. The highest BCUT2D eigenvalue weighted by molar-refractivity contribution is 14.1. The van der Waals surface area contributed by atoms with E-state index in [0.29, 0.717) is 11.4 Å². The quantitative estimate of drug-likeness (QED) is 0.570. The van der Waals surface area contributed by atoms with Gasteiger partial charge in [0.2, 0.25) is 0 Å². The summed E-state index contributed by atoms with van der Waals surface area (Å²) in [6, 6.07) is 16.3. The van der Waals surface area contributed by atoms with Crippen molar-refractivity contribution in [2.45, 2.75) is 13.0 Å². The van der Waals surface area contributed by atoms with Crippen molar-refractivity contribution in [1.82, 2.24) is 0 Å². The minimum atomic E-state index is -0.789. The van der Waals surface area contributed by atoms with Crippen LogP contribution in [0.3, 0.4) is 0 Å². The van der Waals surface area contributed by atoms with E-state index in [1.165, 1.54) is 0 Å². The molecule has 0 aliphatic heterocycles. The van der Waals surface area contributed by atoms with Crippen molar-refractivity contribution in [3.63, 3.8) is 0 Å². The van der Waals surface area contributed by atoms with Crippen molar-refractivity contribution in [2.75, 3.05) is 11.9 Å². The van der Waals surface area contributed by atoms with Crippen molar-refractivity contribution in [3.05, 3.63) is 58.2 Å². The first-order valence-electron chi connectivity index (χ1n) is 6.98. The topological polar surface area (TPSA) is 64.6 Å². The molecule has 2 aromatic rings. The molecule has 0 aromatic heterocycles.